The van der Waals surface area contributed by atoms with Gasteiger partial charge in [-0.05, 0) is 20.3 Å². The van der Waals surface area contributed by atoms with Crippen molar-refractivity contribution in [3.8, 4) is 0 Å². The van der Waals surface area contributed by atoms with Crippen molar-refractivity contribution in [2.45, 2.75) is 27.2 Å². The molecule has 0 aliphatic rings. The number of carbonyl (C=O) groups excluding carboxylic acids is 1. The molecule has 0 radical (unpaired) electrons. The van der Waals surface area contributed by atoms with Crippen LogP contribution < -0.4 is 5.32 Å². The van der Waals surface area contributed by atoms with E-state index in [1.807, 2.05) is 6.92 Å². The van der Waals surface area contributed by atoms with Crippen LogP contribution in [0, 0.1) is 0 Å². The molecule has 0 spiro atoms. The van der Waals surface area contributed by atoms with Gasteiger partial charge >= 0.3 is 7.60 Å². The maximum atomic E-state index is 11.9. The minimum Gasteiger partial charge on any atom is -0.356 e. The molecule has 90 valence electrons. The highest BCUT2D eigenvalue weighted by atomic mass is 31.2. The normalized spacial score (nSPS) is 11.4. The Kier molecular flexibility index (Phi) is 7.65. The monoisotopic (exact) mass is 237 g/mol. The van der Waals surface area contributed by atoms with Crippen LogP contribution in [-0.4, -0.2) is 31.8 Å². The zero-order valence-electron chi connectivity index (χ0n) is 9.62. The van der Waals surface area contributed by atoms with Gasteiger partial charge in [0.25, 0.3) is 0 Å². The minimum atomic E-state index is -3.23. The van der Waals surface area contributed by atoms with Gasteiger partial charge in [-0.15, -0.1) is 0 Å². The average molecular weight is 237 g/mol. The van der Waals surface area contributed by atoms with Crippen LogP contribution in [0.3, 0.4) is 0 Å². The molecule has 0 unspecified atom stereocenters. The molecular formula is C9H20NO4P. The fourth-order valence-corrected chi connectivity index (χ4v) is 2.53. The largest absolute Gasteiger partial charge is 0.356 e. The summed E-state index contributed by atoms with van der Waals surface area (Å²) in [6.07, 6.45) is 0.647. The lowest BCUT2D eigenvalue weighted by Crippen LogP contribution is -2.27. The SMILES string of the molecule is CCCNC(=O)CP(=O)(OCC)OCC. The van der Waals surface area contributed by atoms with Crippen LogP contribution in [0.25, 0.3) is 0 Å². The van der Waals surface area contributed by atoms with Crippen LogP contribution in [0.2, 0.25) is 0 Å². The number of hydrogen-bond acceptors (Lipinski definition) is 4. The second-order valence-corrected chi connectivity index (χ2v) is 5.01. The zero-order chi connectivity index (χ0) is 11.7. The standard InChI is InChI=1S/C9H20NO4P/c1-4-7-10-9(11)8-15(12,13-5-2)14-6-3/h4-8H2,1-3H3,(H,10,11). The first-order valence-corrected chi connectivity index (χ1v) is 6.95. The molecule has 1 amide bonds. The third kappa shape index (κ3) is 6.66. The van der Waals surface area contributed by atoms with E-state index in [4.69, 9.17) is 9.05 Å². The first-order valence-electron chi connectivity index (χ1n) is 5.22. The maximum Gasteiger partial charge on any atom is 0.340 e. The maximum absolute atomic E-state index is 11.9. The van der Waals surface area contributed by atoms with E-state index in [0.717, 1.165) is 6.42 Å². The number of hydrogen-bond donors (Lipinski definition) is 1. The molecule has 0 aliphatic carbocycles. The van der Waals surface area contributed by atoms with E-state index in [9.17, 15) is 9.36 Å². The summed E-state index contributed by atoms with van der Waals surface area (Å²) >= 11 is 0. The Hall–Kier alpha value is -0.380. The minimum absolute atomic E-state index is 0.200. The number of nitrogens with one attached hydrogen (secondary N) is 1. The van der Waals surface area contributed by atoms with Gasteiger partial charge in [0.1, 0.15) is 6.16 Å². The van der Waals surface area contributed by atoms with Crippen LogP contribution in [-0.2, 0) is 18.4 Å². The van der Waals surface area contributed by atoms with E-state index in [1.165, 1.54) is 0 Å². The second-order valence-electron chi connectivity index (χ2n) is 2.95. The highest BCUT2D eigenvalue weighted by Gasteiger charge is 2.27. The molecule has 0 fully saturated rings. The molecule has 0 heterocycles. The van der Waals surface area contributed by atoms with E-state index >= 15 is 0 Å². The fourth-order valence-electron chi connectivity index (χ4n) is 1.02. The van der Waals surface area contributed by atoms with Crippen LogP contribution in [0.5, 0.6) is 0 Å². The van der Waals surface area contributed by atoms with E-state index in [1.54, 1.807) is 13.8 Å². The van der Waals surface area contributed by atoms with Crippen molar-refractivity contribution in [3.05, 3.63) is 0 Å². The topological polar surface area (TPSA) is 64.6 Å². The van der Waals surface area contributed by atoms with Gasteiger partial charge in [-0.2, -0.15) is 0 Å². The summed E-state index contributed by atoms with van der Waals surface area (Å²) in [5.41, 5.74) is 0. The average Bonchev–Trinajstić information content (AvgIpc) is 2.15. The second kappa shape index (κ2) is 7.85. The van der Waals surface area contributed by atoms with Gasteiger partial charge in [0, 0.05) is 6.54 Å². The first-order chi connectivity index (χ1) is 7.08. The van der Waals surface area contributed by atoms with Crippen molar-refractivity contribution in [2.75, 3.05) is 25.9 Å². The molecule has 15 heavy (non-hydrogen) atoms. The first kappa shape index (κ1) is 14.6. The van der Waals surface area contributed by atoms with Gasteiger partial charge in [-0.3, -0.25) is 9.36 Å². The number of carbonyl (C=O) groups is 1. The predicted octanol–water partition coefficient (Wildman–Crippen LogP) is 1.78. The Balaban J connectivity index is 4.15. The quantitative estimate of drug-likeness (QED) is 0.653. The summed E-state index contributed by atoms with van der Waals surface area (Å²) in [5.74, 6) is -0.290. The molecule has 0 atom stereocenters. The Morgan fingerprint density at radius 1 is 1.20 bits per heavy atom. The third-order valence-electron chi connectivity index (χ3n) is 1.56. The summed E-state index contributed by atoms with van der Waals surface area (Å²) in [7, 11) is -3.23. The van der Waals surface area contributed by atoms with Crippen LogP contribution in [0.15, 0.2) is 0 Å². The van der Waals surface area contributed by atoms with E-state index < -0.39 is 7.60 Å². The summed E-state index contributed by atoms with van der Waals surface area (Å²) in [6, 6.07) is 0. The molecule has 0 aromatic heterocycles. The van der Waals surface area contributed by atoms with Crippen molar-refractivity contribution in [2.24, 2.45) is 0 Å². The van der Waals surface area contributed by atoms with Crippen molar-refractivity contribution in [3.63, 3.8) is 0 Å². The Morgan fingerprint density at radius 3 is 2.13 bits per heavy atom. The molecule has 0 rings (SSSR count). The smallest absolute Gasteiger partial charge is 0.340 e. The number of amides is 1. The fraction of sp³-hybridized carbons (Fsp3) is 0.889. The van der Waals surface area contributed by atoms with Gasteiger partial charge in [0.15, 0.2) is 0 Å². The van der Waals surface area contributed by atoms with Crippen LogP contribution >= 0.6 is 7.60 Å². The number of rotatable bonds is 8. The van der Waals surface area contributed by atoms with E-state index in [2.05, 4.69) is 5.32 Å². The summed E-state index contributed by atoms with van der Waals surface area (Å²) < 4.78 is 21.9. The Labute approximate surface area is 91.1 Å². The van der Waals surface area contributed by atoms with Crippen molar-refractivity contribution < 1.29 is 18.4 Å². The summed E-state index contributed by atoms with van der Waals surface area (Å²) in [5, 5.41) is 2.63. The van der Waals surface area contributed by atoms with Gasteiger partial charge in [-0.1, -0.05) is 6.92 Å². The molecule has 0 aromatic carbocycles. The predicted molar refractivity (Wildman–Crippen MR) is 59.0 cm³/mol. The molecule has 0 saturated carbocycles. The lowest BCUT2D eigenvalue weighted by atomic mass is 10.5. The Morgan fingerprint density at radius 2 is 1.73 bits per heavy atom. The highest BCUT2D eigenvalue weighted by Crippen LogP contribution is 2.47. The summed E-state index contributed by atoms with van der Waals surface area (Å²) in [4.78, 5) is 11.3. The van der Waals surface area contributed by atoms with Crippen molar-refractivity contribution in [1.29, 1.82) is 0 Å². The molecule has 0 aliphatic heterocycles. The molecule has 1 N–H and O–H groups in total. The molecule has 0 aromatic rings. The van der Waals surface area contributed by atoms with Gasteiger partial charge in [-0.25, -0.2) is 0 Å². The van der Waals surface area contributed by atoms with Crippen LogP contribution in [0.4, 0.5) is 0 Å². The Bertz CT molecular complexity index is 222. The summed E-state index contributed by atoms with van der Waals surface area (Å²) in [6.45, 7) is 6.52. The molecular weight excluding hydrogens is 217 g/mol. The van der Waals surface area contributed by atoms with E-state index in [-0.39, 0.29) is 25.3 Å². The zero-order valence-corrected chi connectivity index (χ0v) is 10.5. The van der Waals surface area contributed by atoms with Gasteiger partial charge < -0.3 is 14.4 Å². The lowest BCUT2D eigenvalue weighted by Gasteiger charge is -2.16. The molecule has 0 saturated heterocycles. The molecule has 5 nitrogen and oxygen atoms in total. The molecule has 6 heteroatoms. The van der Waals surface area contributed by atoms with Crippen molar-refractivity contribution in [1.82, 2.24) is 5.32 Å². The van der Waals surface area contributed by atoms with Gasteiger partial charge in [0.2, 0.25) is 5.91 Å². The van der Waals surface area contributed by atoms with Crippen molar-refractivity contribution >= 4 is 13.5 Å². The highest BCUT2D eigenvalue weighted by molar-refractivity contribution is 7.54. The van der Waals surface area contributed by atoms with Crippen LogP contribution in [0.1, 0.15) is 27.2 Å². The lowest BCUT2D eigenvalue weighted by molar-refractivity contribution is -0.118. The molecule has 0 bridgehead atoms. The van der Waals surface area contributed by atoms with E-state index in [0.29, 0.717) is 6.54 Å². The van der Waals surface area contributed by atoms with Gasteiger partial charge in [0.05, 0.1) is 13.2 Å². The third-order valence-corrected chi connectivity index (χ3v) is 3.54.